The van der Waals surface area contributed by atoms with Gasteiger partial charge in [0.05, 0.1) is 7.11 Å². The third-order valence-corrected chi connectivity index (χ3v) is 4.74. The number of hydrogen-bond donors (Lipinski definition) is 1. The highest BCUT2D eigenvalue weighted by Crippen LogP contribution is 2.26. The van der Waals surface area contributed by atoms with Crippen molar-refractivity contribution in [2.24, 2.45) is 0 Å². The predicted octanol–water partition coefficient (Wildman–Crippen LogP) is 3.42. The largest absolute Gasteiger partial charge is 0.497 e. The molecule has 2 heterocycles. The fourth-order valence-electron chi connectivity index (χ4n) is 2.60. The number of carbonyl (C=O) groups is 1. The normalized spacial score (nSPS) is 10.8. The van der Waals surface area contributed by atoms with E-state index >= 15 is 0 Å². The molecule has 0 bridgehead atoms. The summed E-state index contributed by atoms with van der Waals surface area (Å²) in [6, 6.07) is 14.9. The molecule has 0 aliphatic rings. The third-order valence-electron chi connectivity index (χ3n) is 3.93. The van der Waals surface area contributed by atoms with Crippen LogP contribution in [-0.4, -0.2) is 32.8 Å². The van der Waals surface area contributed by atoms with E-state index in [1.54, 1.807) is 17.7 Å². The lowest BCUT2D eigenvalue weighted by Gasteiger charge is -2.04. The molecular weight excluding hydrogens is 350 g/mol. The molecule has 0 fully saturated rings. The average Bonchev–Trinajstić information content (AvgIpc) is 3.22. The number of aryl methyl sites for hydroxylation is 1. The first-order valence-corrected chi connectivity index (χ1v) is 8.71. The molecule has 0 spiro atoms. The minimum atomic E-state index is -0.198. The number of nitrogens with zero attached hydrogens (tertiary/aromatic N) is 4. The molecule has 4 aromatic rings. The van der Waals surface area contributed by atoms with Crippen LogP contribution in [0.3, 0.4) is 0 Å². The van der Waals surface area contributed by atoms with Crippen molar-refractivity contribution in [1.29, 1.82) is 0 Å². The molecule has 26 heavy (non-hydrogen) atoms. The highest BCUT2D eigenvalue weighted by Gasteiger charge is 2.16. The summed E-state index contributed by atoms with van der Waals surface area (Å²) in [5, 5.41) is 16.1. The van der Waals surface area contributed by atoms with Crippen molar-refractivity contribution < 1.29 is 9.53 Å². The summed E-state index contributed by atoms with van der Waals surface area (Å²) in [6.45, 7) is 1.90. The maximum atomic E-state index is 12.5. The van der Waals surface area contributed by atoms with Crippen molar-refractivity contribution >= 4 is 27.3 Å². The van der Waals surface area contributed by atoms with Gasteiger partial charge in [-0.05, 0) is 30.7 Å². The van der Waals surface area contributed by atoms with E-state index in [-0.39, 0.29) is 5.91 Å². The monoisotopic (exact) mass is 365 g/mol. The van der Waals surface area contributed by atoms with Gasteiger partial charge in [0.2, 0.25) is 10.1 Å². The van der Waals surface area contributed by atoms with E-state index in [9.17, 15) is 4.79 Å². The maximum absolute atomic E-state index is 12.5. The Labute approximate surface area is 153 Å². The summed E-state index contributed by atoms with van der Waals surface area (Å²) in [5.41, 5.74) is 2.36. The number of benzene rings is 2. The number of rotatable bonds is 4. The smallest absolute Gasteiger partial charge is 0.257 e. The molecule has 2 aromatic carbocycles. The fourth-order valence-corrected chi connectivity index (χ4v) is 3.34. The van der Waals surface area contributed by atoms with Crippen LogP contribution in [0, 0.1) is 6.92 Å². The van der Waals surface area contributed by atoms with E-state index in [1.165, 1.54) is 11.3 Å². The van der Waals surface area contributed by atoms with Crippen molar-refractivity contribution in [2.45, 2.75) is 6.92 Å². The Hall–Kier alpha value is -3.26. The summed E-state index contributed by atoms with van der Waals surface area (Å²) in [4.78, 5) is 13.1. The van der Waals surface area contributed by atoms with Crippen molar-refractivity contribution in [3.05, 3.63) is 59.7 Å². The van der Waals surface area contributed by atoms with E-state index < -0.39 is 0 Å². The van der Waals surface area contributed by atoms with Gasteiger partial charge in [-0.25, -0.2) is 0 Å². The second-order valence-corrected chi connectivity index (χ2v) is 6.58. The molecular formula is C18H15N5O2S. The van der Waals surface area contributed by atoms with Crippen LogP contribution in [0.4, 0.5) is 5.13 Å². The van der Waals surface area contributed by atoms with Crippen LogP contribution >= 0.6 is 11.3 Å². The highest BCUT2D eigenvalue weighted by molar-refractivity contribution is 7.20. The standard InChI is InChI=1S/C18H15N5O2S/c1-11-6-3-4-9-14(11)16(24)19-17-22-23-15(20-21-18(23)26-17)12-7-5-8-13(10-12)25-2/h3-10H,1-2H3,(H,19,22,24). The predicted molar refractivity (Wildman–Crippen MR) is 99.8 cm³/mol. The van der Waals surface area contributed by atoms with Crippen LogP contribution in [0.5, 0.6) is 5.75 Å². The zero-order valence-corrected chi connectivity index (χ0v) is 14.9. The molecule has 0 saturated carbocycles. The van der Waals surface area contributed by atoms with Crippen molar-refractivity contribution in [1.82, 2.24) is 19.8 Å². The zero-order chi connectivity index (χ0) is 18.1. The molecule has 130 valence electrons. The van der Waals surface area contributed by atoms with Gasteiger partial charge in [0.1, 0.15) is 5.75 Å². The van der Waals surface area contributed by atoms with Gasteiger partial charge in [-0.2, -0.15) is 4.52 Å². The maximum Gasteiger partial charge on any atom is 0.257 e. The van der Waals surface area contributed by atoms with E-state index in [4.69, 9.17) is 4.74 Å². The second-order valence-electron chi connectivity index (χ2n) is 5.63. The average molecular weight is 365 g/mol. The molecule has 1 N–H and O–H groups in total. The Balaban J connectivity index is 1.66. The number of nitrogens with one attached hydrogen (secondary N) is 1. The third kappa shape index (κ3) is 2.91. The van der Waals surface area contributed by atoms with Crippen molar-refractivity contribution in [2.75, 3.05) is 12.4 Å². The molecule has 0 aliphatic carbocycles. The first-order valence-electron chi connectivity index (χ1n) is 7.89. The number of anilines is 1. The van der Waals surface area contributed by atoms with Gasteiger partial charge in [0, 0.05) is 11.1 Å². The fraction of sp³-hybridized carbons (Fsp3) is 0.111. The minimum absolute atomic E-state index is 0.198. The van der Waals surface area contributed by atoms with Gasteiger partial charge >= 0.3 is 0 Å². The molecule has 7 nitrogen and oxygen atoms in total. The number of carbonyl (C=O) groups excluding carboxylic acids is 1. The zero-order valence-electron chi connectivity index (χ0n) is 14.1. The first kappa shape index (κ1) is 16.2. The summed E-state index contributed by atoms with van der Waals surface area (Å²) >= 11 is 1.27. The lowest BCUT2D eigenvalue weighted by Crippen LogP contribution is -2.13. The van der Waals surface area contributed by atoms with Crippen LogP contribution in [0.25, 0.3) is 16.3 Å². The number of amides is 1. The van der Waals surface area contributed by atoms with Crippen LogP contribution in [0.15, 0.2) is 48.5 Å². The summed E-state index contributed by atoms with van der Waals surface area (Å²) < 4.78 is 6.87. The molecule has 0 atom stereocenters. The molecule has 1 amide bonds. The van der Waals surface area contributed by atoms with Gasteiger partial charge in [0.25, 0.3) is 5.91 Å². The van der Waals surface area contributed by atoms with Crippen LogP contribution in [0.2, 0.25) is 0 Å². The molecule has 0 saturated heterocycles. The van der Waals surface area contributed by atoms with Crippen LogP contribution in [0.1, 0.15) is 15.9 Å². The SMILES string of the molecule is COc1cccc(-c2nnc3sc(NC(=O)c4ccccc4C)nn23)c1. The number of hydrogen-bond acceptors (Lipinski definition) is 6. The Kier molecular flexibility index (Phi) is 4.10. The van der Waals surface area contributed by atoms with Gasteiger partial charge in [-0.3, -0.25) is 10.1 Å². The molecule has 2 aromatic heterocycles. The van der Waals surface area contributed by atoms with E-state index in [0.717, 1.165) is 16.9 Å². The number of fused-ring (bicyclic) bond motifs is 1. The Morgan fingerprint density at radius 2 is 2.00 bits per heavy atom. The van der Waals surface area contributed by atoms with Gasteiger partial charge in [-0.15, -0.1) is 15.3 Å². The highest BCUT2D eigenvalue weighted by atomic mass is 32.1. The van der Waals surface area contributed by atoms with Crippen LogP contribution in [-0.2, 0) is 0 Å². The summed E-state index contributed by atoms with van der Waals surface area (Å²) in [6.07, 6.45) is 0. The van der Waals surface area contributed by atoms with E-state index in [1.807, 2.05) is 49.4 Å². The molecule has 8 heteroatoms. The summed E-state index contributed by atoms with van der Waals surface area (Å²) in [7, 11) is 1.61. The summed E-state index contributed by atoms with van der Waals surface area (Å²) in [5.74, 6) is 1.12. The van der Waals surface area contributed by atoms with Crippen LogP contribution < -0.4 is 10.1 Å². The number of aromatic nitrogens is 4. The lowest BCUT2D eigenvalue weighted by atomic mass is 10.1. The van der Waals surface area contributed by atoms with Gasteiger partial charge in [0.15, 0.2) is 5.82 Å². The Bertz CT molecular complexity index is 1100. The number of ether oxygens (including phenoxy) is 1. The van der Waals surface area contributed by atoms with Crippen molar-refractivity contribution in [3.63, 3.8) is 0 Å². The molecule has 0 aliphatic heterocycles. The quantitative estimate of drug-likeness (QED) is 0.599. The molecule has 0 unspecified atom stereocenters. The lowest BCUT2D eigenvalue weighted by molar-refractivity contribution is 0.102. The Morgan fingerprint density at radius 3 is 2.81 bits per heavy atom. The molecule has 4 rings (SSSR count). The van der Waals surface area contributed by atoms with Gasteiger partial charge < -0.3 is 4.74 Å². The minimum Gasteiger partial charge on any atom is -0.497 e. The number of methoxy groups -OCH3 is 1. The molecule has 0 radical (unpaired) electrons. The van der Waals surface area contributed by atoms with Gasteiger partial charge in [-0.1, -0.05) is 41.7 Å². The van der Waals surface area contributed by atoms with E-state index in [2.05, 4.69) is 20.6 Å². The Morgan fingerprint density at radius 1 is 1.15 bits per heavy atom. The topological polar surface area (TPSA) is 81.4 Å². The van der Waals surface area contributed by atoms with E-state index in [0.29, 0.717) is 21.5 Å². The second kappa shape index (κ2) is 6.57. The first-order chi connectivity index (χ1) is 12.7. The van der Waals surface area contributed by atoms with Crippen molar-refractivity contribution in [3.8, 4) is 17.1 Å².